The van der Waals surface area contributed by atoms with Crippen LogP contribution in [0.3, 0.4) is 0 Å². The van der Waals surface area contributed by atoms with Gasteiger partial charge in [0.2, 0.25) is 5.91 Å². The molecule has 0 aromatic rings. The third kappa shape index (κ3) is 3.59. The number of ether oxygens (including phenoxy) is 1. The Balaban J connectivity index is 0.00000162. The fourth-order valence-corrected chi connectivity index (χ4v) is 2.98. The van der Waals surface area contributed by atoms with Crippen LogP contribution in [0.15, 0.2) is 0 Å². The molecule has 2 N–H and O–H groups in total. The minimum atomic E-state index is 0. The van der Waals surface area contributed by atoms with Crippen LogP contribution < -0.4 is 5.73 Å². The summed E-state index contributed by atoms with van der Waals surface area (Å²) in [7, 11) is 0. The van der Waals surface area contributed by atoms with Crippen molar-refractivity contribution in [1.29, 1.82) is 0 Å². The molecule has 1 aliphatic carbocycles. The Kier molecular flexibility index (Phi) is 6.39. The van der Waals surface area contributed by atoms with E-state index in [1.165, 1.54) is 6.42 Å². The van der Waals surface area contributed by atoms with Crippen molar-refractivity contribution in [3.8, 4) is 0 Å². The molecular formula is C13H25ClN2O2. The third-order valence-corrected chi connectivity index (χ3v) is 4.17. The van der Waals surface area contributed by atoms with Crippen molar-refractivity contribution < 1.29 is 9.53 Å². The van der Waals surface area contributed by atoms with Gasteiger partial charge < -0.3 is 15.4 Å². The van der Waals surface area contributed by atoms with Gasteiger partial charge in [-0.25, -0.2) is 0 Å². The van der Waals surface area contributed by atoms with Crippen molar-refractivity contribution in [2.75, 3.05) is 19.8 Å². The van der Waals surface area contributed by atoms with Gasteiger partial charge in [-0.05, 0) is 25.2 Å². The number of hydrogen-bond donors (Lipinski definition) is 1. The van der Waals surface area contributed by atoms with Crippen molar-refractivity contribution >= 4 is 18.3 Å². The monoisotopic (exact) mass is 276 g/mol. The Labute approximate surface area is 116 Å². The van der Waals surface area contributed by atoms with E-state index in [4.69, 9.17) is 10.5 Å². The molecule has 106 valence electrons. The number of morpholine rings is 1. The van der Waals surface area contributed by atoms with Crippen molar-refractivity contribution in [2.24, 2.45) is 11.7 Å². The summed E-state index contributed by atoms with van der Waals surface area (Å²) < 4.78 is 5.43. The zero-order chi connectivity index (χ0) is 12.3. The van der Waals surface area contributed by atoms with Crippen LogP contribution in [0.5, 0.6) is 0 Å². The summed E-state index contributed by atoms with van der Waals surface area (Å²) in [4.78, 5) is 14.3. The highest BCUT2D eigenvalue weighted by molar-refractivity contribution is 5.85. The molecule has 1 saturated heterocycles. The molecule has 2 fully saturated rings. The maximum Gasteiger partial charge on any atom is 0.223 e. The quantitative estimate of drug-likeness (QED) is 0.851. The molecule has 1 heterocycles. The fraction of sp³-hybridized carbons (Fsp3) is 0.923. The lowest BCUT2D eigenvalue weighted by Crippen LogP contribution is -2.49. The molecule has 4 nitrogen and oxygen atoms in total. The average Bonchev–Trinajstić information content (AvgIpc) is 2.75. The third-order valence-electron chi connectivity index (χ3n) is 4.17. The topological polar surface area (TPSA) is 55.6 Å². The molecule has 0 spiro atoms. The minimum absolute atomic E-state index is 0. The number of nitrogens with two attached hydrogens (primary N) is 1. The van der Waals surface area contributed by atoms with Crippen LogP contribution >= 0.6 is 12.4 Å². The summed E-state index contributed by atoms with van der Waals surface area (Å²) in [5, 5.41) is 0. The van der Waals surface area contributed by atoms with Crippen LogP contribution in [-0.2, 0) is 9.53 Å². The Morgan fingerprint density at radius 2 is 2.22 bits per heavy atom. The van der Waals surface area contributed by atoms with Gasteiger partial charge in [-0.1, -0.05) is 13.3 Å². The van der Waals surface area contributed by atoms with Crippen molar-refractivity contribution in [2.45, 2.75) is 51.1 Å². The van der Waals surface area contributed by atoms with Crippen LogP contribution in [0.1, 0.15) is 39.0 Å². The first-order valence-corrected chi connectivity index (χ1v) is 6.85. The molecular weight excluding hydrogens is 252 g/mol. The van der Waals surface area contributed by atoms with Gasteiger partial charge >= 0.3 is 0 Å². The van der Waals surface area contributed by atoms with Gasteiger partial charge in [-0.3, -0.25) is 4.79 Å². The van der Waals surface area contributed by atoms with Crippen LogP contribution in [0.4, 0.5) is 0 Å². The highest BCUT2D eigenvalue weighted by Gasteiger charge is 2.31. The number of rotatable bonds is 3. The summed E-state index contributed by atoms with van der Waals surface area (Å²) >= 11 is 0. The highest BCUT2D eigenvalue weighted by atomic mass is 35.5. The first-order chi connectivity index (χ1) is 8.22. The number of amides is 1. The fourth-order valence-electron chi connectivity index (χ4n) is 2.98. The van der Waals surface area contributed by atoms with E-state index < -0.39 is 0 Å². The number of carbonyl (C=O) groups excluding carboxylic acids is 1. The highest BCUT2D eigenvalue weighted by Crippen LogP contribution is 2.28. The maximum atomic E-state index is 12.3. The van der Waals surface area contributed by atoms with E-state index in [1.54, 1.807) is 0 Å². The molecule has 1 aliphatic heterocycles. The second-order valence-corrected chi connectivity index (χ2v) is 5.28. The van der Waals surface area contributed by atoms with Gasteiger partial charge in [0.1, 0.15) is 0 Å². The van der Waals surface area contributed by atoms with Gasteiger partial charge in [0.15, 0.2) is 0 Å². The molecule has 3 atom stereocenters. The van der Waals surface area contributed by atoms with Crippen LogP contribution in [-0.4, -0.2) is 42.6 Å². The van der Waals surface area contributed by atoms with E-state index in [0.717, 1.165) is 25.8 Å². The Morgan fingerprint density at radius 1 is 1.44 bits per heavy atom. The predicted molar refractivity (Wildman–Crippen MR) is 73.8 cm³/mol. The van der Waals surface area contributed by atoms with E-state index in [1.807, 2.05) is 4.90 Å². The van der Waals surface area contributed by atoms with Gasteiger partial charge in [0.25, 0.3) is 0 Å². The molecule has 2 rings (SSSR count). The maximum absolute atomic E-state index is 12.3. The average molecular weight is 277 g/mol. The van der Waals surface area contributed by atoms with Crippen LogP contribution in [0.2, 0.25) is 0 Å². The Bertz CT molecular complexity index is 276. The first kappa shape index (κ1) is 15.7. The van der Waals surface area contributed by atoms with Crippen molar-refractivity contribution in [1.82, 2.24) is 4.90 Å². The van der Waals surface area contributed by atoms with Crippen LogP contribution in [0.25, 0.3) is 0 Å². The molecule has 1 unspecified atom stereocenters. The lowest BCUT2D eigenvalue weighted by atomic mass is 9.98. The Morgan fingerprint density at radius 3 is 2.83 bits per heavy atom. The van der Waals surface area contributed by atoms with Crippen LogP contribution in [0, 0.1) is 5.92 Å². The molecule has 0 radical (unpaired) electrons. The summed E-state index contributed by atoms with van der Waals surface area (Å²) in [5.41, 5.74) is 6.03. The molecule has 0 aromatic heterocycles. The second kappa shape index (κ2) is 7.31. The second-order valence-electron chi connectivity index (χ2n) is 5.28. The summed E-state index contributed by atoms with van der Waals surface area (Å²) in [6, 6.07) is 0.508. The molecule has 1 amide bonds. The standard InChI is InChI=1S/C13H24N2O2.ClH/c1-2-11-9-17-7-6-15(11)13(16)8-10-4-3-5-12(10)14;/h10-12H,2-9,14H2,1H3;1H/t10-,11?,12+;/m0./s1. The molecule has 2 aliphatic rings. The number of hydrogen-bond acceptors (Lipinski definition) is 3. The molecule has 5 heteroatoms. The molecule has 0 bridgehead atoms. The summed E-state index contributed by atoms with van der Waals surface area (Å²) in [6.45, 7) is 4.23. The van der Waals surface area contributed by atoms with E-state index in [-0.39, 0.29) is 30.4 Å². The SMILES string of the molecule is CCC1COCCN1C(=O)C[C@@H]1CCC[C@H]1N.Cl. The first-order valence-electron chi connectivity index (χ1n) is 6.85. The molecule has 18 heavy (non-hydrogen) atoms. The molecule has 1 saturated carbocycles. The van der Waals surface area contributed by atoms with E-state index in [9.17, 15) is 4.79 Å². The smallest absolute Gasteiger partial charge is 0.223 e. The van der Waals surface area contributed by atoms with E-state index in [0.29, 0.717) is 25.6 Å². The largest absolute Gasteiger partial charge is 0.377 e. The lowest BCUT2D eigenvalue weighted by molar-refractivity contribution is -0.141. The van der Waals surface area contributed by atoms with Gasteiger partial charge in [-0.2, -0.15) is 0 Å². The van der Waals surface area contributed by atoms with Gasteiger partial charge in [0, 0.05) is 19.0 Å². The van der Waals surface area contributed by atoms with E-state index >= 15 is 0 Å². The van der Waals surface area contributed by atoms with Crippen molar-refractivity contribution in [3.05, 3.63) is 0 Å². The van der Waals surface area contributed by atoms with Gasteiger partial charge in [-0.15, -0.1) is 12.4 Å². The lowest BCUT2D eigenvalue weighted by Gasteiger charge is -2.36. The number of carbonyl (C=O) groups is 1. The van der Waals surface area contributed by atoms with Gasteiger partial charge in [0.05, 0.1) is 19.3 Å². The molecule has 0 aromatic carbocycles. The normalized spacial score (nSPS) is 32.1. The van der Waals surface area contributed by atoms with E-state index in [2.05, 4.69) is 6.92 Å². The van der Waals surface area contributed by atoms with Crippen molar-refractivity contribution in [3.63, 3.8) is 0 Å². The Hall–Kier alpha value is -0.320. The predicted octanol–water partition coefficient (Wildman–Crippen LogP) is 1.56. The number of nitrogens with zero attached hydrogens (tertiary/aromatic N) is 1. The minimum Gasteiger partial charge on any atom is -0.377 e. The number of halogens is 1. The zero-order valence-electron chi connectivity index (χ0n) is 11.1. The summed E-state index contributed by atoms with van der Waals surface area (Å²) in [6.07, 6.45) is 4.99. The zero-order valence-corrected chi connectivity index (χ0v) is 12.0. The summed E-state index contributed by atoms with van der Waals surface area (Å²) in [5.74, 6) is 0.686.